The topological polar surface area (TPSA) is 60.2 Å². The fourth-order valence-corrected chi connectivity index (χ4v) is 5.19. The van der Waals surface area contributed by atoms with E-state index in [4.69, 9.17) is 5.14 Å². The van der Waals surface area contributed by atoms with Crippen LogP contribution in [0, 0.1) is 6.92 Å². The molecular weight excluding hydrogens is 354 g/mol. The minimum atomic E-state index is -3.74. The van der Waals surface area contributed by atoms with Gasteiger partial charge in [-0.2, -0.15) is 0 Å². The van der Waals surface area contributed by atoms with Crippen LogP contribution < -0.4 is 5.14 Å². The van der Waals surface area contributed by atoms with Crippen molar-refractivity contribution in [2.45, 2.75) is 117 Å². The normalized spacial score (nSPS) is 11.9. The van der Waals surface area contributed by atoms with Crippen molar-refractivity contribution in [1.29, 1.82) is 0 Å². The van der Waals surface area contributed by atoms with Crippen LogP contribution in [-0.4, -0.2) is 8.42 Å². The largest absolute Gasteiger partial charge is 0.238 e. The van der Waals surface area contributed by atoms with Crippen LogP contribution in [0.4, 0.5) is 0 Å². The highest BCUT2D eigenvalue weighted by Crippen LogP contribution is 2.35. The van der Waals surface area contributed by atoms with E-state index in [-0.39, 0.29) is 0 Å². The molecule has 0 saturated carbocycles. The molecule has 0 bridgehead atoms. The molecule has 0 saturated heterocycles. The van der Waals surface area contributed by atoms with Gasteiger partial charge in [-0.3, -0.25) is 0 Å². The summed E-state index contributed by atoms with van der Waals surface area (Å²) in [6, 6.07) is 0. The molecule has 27 heavy (non-hydrogen) atoms. The van der Waals surface area contributed by atoms with Crippen LogP contribution in [0.3, 0.4) is 0 Å². The SMILES string of the molecule is CCCCc1c(C)c(CCCC)c(CCCC)c(S(N)(=O)=O)c1CCCC. The molecule has 0 aliphatic heterocycles. The lowest BCUT2D eigenvalue weighted by atomic mass is 9.84. The highest BCUT2D eigenvalue weighted by Gasteiger charge is 2.26. The number of benzene rings is 1. The maximum absolute atomic E-state index is 12.7. The molecule has 1 aromatic rings. The monoisotopic (exact) mass is 395 g/mol. The molecule has 0 heterocycles. The summed E-state index contributed by atoms with van der Waals surface area (Å²) in [5.74, 6) is 0. The molecule has 3 nitrogen and oxygen atoms in total. The fraction of sp³-hybridized carbons (Fsp3) is 0.739. The molecule has 0 atom stereocenters. The van der Waals surface area contributed by atoms with Crippen molar-refractivity contribution in [2.24, 2.45) is 5.14 Å². The molecule has 0 spiro atoms. The first-order valence-electron chi connectivity index (χ1n) is 11.0. The predicted molar refractivity (Wildman–Crippen MR) is 117 cm³/mol. The van der Waals surface area contributed by atoms with E-state index in [1.165, 1.54) is 16.7 Å². The van der Waals surface area contributed by atoms with Gasteiger partial charge in [-0.15, -0.1) is 0 Å². The van der Waals surface area contributed by atoms with Crippen LogP contribution in [0.15, 0.2) is 4.90 Å². The molecule has 0 aromatic heterocycles. The van der Waals surface area contributed by atoms with Gasteiger partial charge in [0, 0.05) is 0 Å². The zero-order chi connectivity index (χ0) is 20.4. The maximum Gasteiger partial charge on any atom is 0.238 e. The Kier molecular flexibility index (Phi) is 10.6. The van der Waals surface area contributed by atoms with Crippen molar-refractivity contribution >= 4 is 10.0 Å². The Bertz CT molecular complexity index is 652. The van der Waals surface area contributed by atoms with Crippen LogP contribution in [0.25, 0.3) is 0 Å². The van der Waals surface area contributed by atoms with Crippen LogP contribution >= 0.6 is 0 Å². The summed E-state index contributed by atoms with van der Waals surface area (Å²) in [6.07, 6.45) is 12.1. The van der Waals surface area contributed by atoms with Crippen LogP contribution in [0.2, 0.25) is 0 Å². The second kappa shape index (κ2) is 11.9. The Morgan fingerprint density at radius 3 is 1.19 bits per heavy atom. The first kappa shape index (κ1) is 24.2. The van der Waals surface area contributed by atoms with E-state index in [0.717, 1.165) is 88.2 Å². The zero-order valence-electron chi connectivity index (χ0n) is 18.3. The third kappa shape index (κ3) is 6.60. The van der Waals surface area contributed by atoms with E-state index in [1.807, 2.05) is 0 Å². The molecule has 0 radical (unpaired) electrons. The van der Waals surface area contributed by atoms with Gasteiger partial charge in [-0.1, -0.05) is 53.4 Å². The van der Waals surface area contributed by atoms with Crippen molar-refractivity contribution in [3.63, 3.8) is 0 Å². The average Bonchev–Trinajstić information content (AvgIpc) is 2.61. The zero-order valence-corrected chi connectivity index (χ0v) is 19.1. The minimum Gasteiger partial charge on any atom is -0.225 e. The lowest BCUT2D eigenvalue weighted by molar-refractivity contribution is 0.592. The summed E-state index contributed by atoms with van der Waals surface area (Å²) in [7, 11) is -3.74. The lowest BCUT2D eigenvalue weighted by Crippen LogP contribution is -2.21. The highest BCUT2D eigenvalue weighted by molar-refractivity contribution is 7.89. The van der Waals surface area contributed by atoms with Crippen molar-refractivity contribution in [2.75, 3.05) is 0 Å². The number of rotatable bonds is 13. The standard InChI is InChI=1S/C23H41NO2S/c1-6-10-14-19-18(5)20(15-11-7-2)22(17-13-9-4)23(27(24,25)26)21(19)16-12-8-3/h6-17H2,1-5H3,(H2,24,25,26). The first-order valence-corrected chi connectivity index (χ1v) is 12.6. The number of unbranched alkanes of at least 4 members (excludes halogenated alkanes) is 4. The number of sulfonamides is 1. The van der Waals surface area contributed by atoms with E-state index in [0.29, 0.717) is 4.90 Å². The molecule has 4 heteroatoms. The van der Waals surface area contributed by atoms with E-state index in [1.54, 1.807) is 0 Å². The third-order valence-electron chi connectivity index (χ3n) is 5.59. The van der Waals surface area contributed by atoms with Crippen LogP contribution in [0.5, 0.6) is 0 Å². The number of hydrogen-bond acceptors (Lipinski definition) is 2. The average molecular weight is 396 g/mol. The van der Waals surface area contributed by atoms with E-state index in [9.17, 15) is 8.42 Å². The summed E-state index contributed by atoms with van der Waals surface area (Å²) in [6.45, 7) is 10.9. The van der Waals surface area contributed by atoms with Gasteiger partial charge in [-0.05, 0) is 86.1 Å². The lowest BCUT2D eigenvalue weighted by Gasteiger charge is -2.25. The summed E-state index contributed by atoms with van der Waals surface area (Å²) < 4.78 is 25.5. The third-order valence-corrected chi connectivity index (χ3v) is 6.65. The Hall–Kier alpha value is -0.870. The quantitative estimate of drug-likeness (QED) is 0.444. The van der Waals surface area contributed by atoms with Gasteiger partial charge in [0.05, 0.1) is 4.90 Å². The smallest absolute Gasteiger partial charge is 0.225 e. The summed E-state index contributed by atoms with van der Waals surface area (Å²) in [5.41, 5.74) is 5.91. The van der Waals surface area contributed by atoms with Crippen molar-refractivity contribution in [3.8, 4) is 0 Å². The van der Waals surface area contributed by atoms with E-state index in [2.05, 4.69) is 34.6 Å². The van der Waals surface area contributed by atoms with E-state index >= 15 is 0 Å². The highest BCUT2D eigenvalue weighted by atomic mass is 32.2. The van der Waals surface area contributed by atoms with Crippen LogP contribution in [0.1, 0.15) is 107 Å². The molecule has 1 rings (SSSR count). The second-order valence-corrected chi connectivity index (χ2v) is 9.33. The Morgan fingerprint density at radius 1 is 0.630 bits per heavy atom. The summed E-state index contributed by atoms with van der Waals surface area (Å²) in [5, 5.41) is 5.82. The predicted octanol–water partition coefficient (Wildman–Crippen LogP) is 6.01. The molecule has 156 valence electrons. The second-order valence-electron chi connectivity index (χ2n) is 7.83. The Morgan fingerprint density at radius 2 is 0.926 bits per heavy atom. The van der Waals surface area contributed by atoms with Gasteiger partial charge in [0.25, 0.3) is 0 Å². The number of nitrogens with two attached hydrogens (primary N) is 1. The first-order chi connectivity index (χ1) is 12.8. The Balaban J connectivity index is 3.80. The molecule has 0 unspecified atom stereocenters. The molecule has 0 amide bonds. The Labute approximate surface area is 168 Å². The van der Waals surface area contributed by atoms with Crippen LogP contribution in [-0.2, 0) is 35.7 Å². The molecule has 2 N–H and O–H groups in total. The molecule has 1 aromatic carbocycles. The van der Waals surface area contributed by atoms with Gasteiger partial charge in [0.1, 0.15) is 0 Å². The minimum absolute atomic E-state index is 0.479. The van der Waals surface area contributed by atoms with Gasteiger partial charge < -0.3 is 0 Å². The molecule has 0 fully saturated rings. The summed E-state index contributed by atoms with van der Waals surface area (Å²) >= 11 is 0. The maximum atomic E-state index is 12.7. The van der Waals surface area contributed by atoms with E-state index < -0.39 is 10.0 Å². The van der Waals surface area contributed by atoms with Gasteiger partial charge in [-0.25, -0.2) is 13.6 Å². The molecule has 0 aliphatic rings. The fourth-order valence-electron chi connectivity index (χ4n) is 4.05. The number of hydrogen-bond donors (Lipinski definition) is 1. The van der Waals surface area contributed by atoms with Crippen molar-refractivity contribution in [1.82, 2.24) is 0 Å². The van der Waals surface area contributed by atoms with Gasteiger partial charge >= 0.3 is 0 Å². The van der Waals surface area contributed by atoms with Gasteiger partial charge in [0.2, 0.25) is 10.0 Å². The molecular formula is C23H41NO2S. The summed E-state index contributed by atoms with van der Waals surface area (Å²) in [4.78, 5) is 0.479. The number of primary sulfonamides is 1. The molecule has 0 aliphatic carbocycles. The van der Waals surface area contributed by atoms with Crippen molar-refractivity contribution < 1.29 is 8.42 Å². The van der Waals surface area contributed by atoms with Gasteiger partial charge in [0.15, 0.2) is 0 Å². The van der Waals surface area contributed by atoms with Crippen molar-refractivity contribution in [3.05, 3.63) is 27.8 Å².